The summed E-state index contributed by atoms with van der Waals surface area (Å²) in [4.78, 5) is 31.9. The Hall–Kier alpha value is -2.93. The van der Waals surface area contributed by atoms with Gasteiger partial charge in [0, 0.05) is 31.3 Å². The van der Waals surface area contributed by atoms with E-state index in [1.54, 1.807) is 18.0 Å². The summed E-state index contributed by atoms with van der Waals surface area (Å²) in [7, 11) is 0. The summed E-state index contributed by atoms with van der Waals surface area (Å²) in [5.41, 5.74) is 1.63. The van der Waals surface area contributed by atoms with Gasteiger partial charge in [0.15, 0.2) is 11.7 Å². The molecule has 1 atom stereocenters. The second-order valence-corrected chi connectivity index (χ2v) is 7.83. The van der Waals surface area contributed by atoms with E-state index in [4.69, 9.17) is 4.42 Å². The number of likely N-dealkylation sites (tertiary alicyclic amines) is 1. The molecule has 0 spiro atoms. The summed E-state index contributed by atoms with van der Waals surface area (Å²) in [5.74, 6) is 1.08. The van der Waals surface area contributed by atoms with Crippen molar-refractivity contribution in [1.29, 1.82) is 0 Å². The number of rotatable bonds is 4. The highest BCUT2D eigenvalue weighted by Crippen LogP contribution is 2.24. The van der Waals surface area contributed by atoms with Gasteiger partial charge in [-0.3, -0.25) is 9.59 Å². The Kier molecular flexibility index (Phi) is 5.25. The zero-order valence-electron chi connectivity index (χ0n) is 15.6. The molecule has 4 rings (SSSR count). The molecule has 144 valence electrons. The molecule has 1 saturated heterocycles. The molecule has 28 heavy (non-hydrogen) atoms. The molecule has 3 aromatic rings. The highest BCUT2D eigenvalue weighted by atomic mass is 32.1. The minimum atomic E-state index is -0.200. The molecule has 2 aromatic heterocycles. The third-order valence-electron chi connectivity index (χ3n) is 4.87. The van der Waals surface area contributed by atoms with E-state index in [1.807, 2.05) is 41.8 Å². The third kappa shape index (κ3) is 3.99. The maximum atomic E-state index is 12.7. The van der Waals surface area contributed by atoms with E-state index < -0.39 is 0 Å². The molecule has 7 heteroatoms. The van der Waals surface area contributed by atoms with Crippen LogP contribution in [0, 0.1) is 12.8 Å². The Balaban J connectivity index is 1.38. The van der Waals surface area contributed by atoms with Crippen molar-refractivity contribution in [1.82, 2.24) is 9.88 Å². The van der Waals surface area contributed by atoms with Crippen molar-refractivity contribution in [2.45, 2.75) is 19.8 Å². The van der Waals surface area contributed by atoms with Crippen LogP contribution in [0.15, 0.2) is 52.4 Å². The molecule has 2 amide bonds. The van der Waals surface area contributed by atoms with Crippen LogP contribution in [0.2, 0.25) is 0 Å². The molecule has 0 saturated carbocycles. The Morgan fingerprint density at radius 2 is 2.07 bits per heavy atom. The molecule has 0 bridgehead atoms. The predicted molar refractivity (Wildman–Crippen MR) is 108 cm³/mol. The summed E-state index contributed by atoms with van der Waals surface area (Å²) in [5, 5.41) is 4.86. The van der Waals surface area contributed by atoms with Gasteiger partial charge in [-0.05, 0) is 48.6 Å². The van der Waals surface area contributed by atoms with Crippen molar-refractivity contribution in [3.05, 3.63) is 58.7 Å². The second-order valence-electron chi connectivity index (χ2n) is 6.88. The highest BCUT2D eigenvalue weighted by molar-refractivity contribution is 7.12. The maximum Gasteiger partial charge on any atom is 0.263 e. The van der Waals surface area contributed by atoms with Crippen LogP contribution in [0.3, 0.4) is 0 Å². The van der Waals surface area contributed by atoms with Gasteiger partial charge in [0.2, 0.25) is 5.91 Å². The molecular formula is C21H21N3O3S. The number of anilines is 1. The fourth-order valence-electron chi connectivity index (χ4n) is 3.39. The molecule has 0 radical (unpaired) electrons. The topological polar surface area (TPSA) is 75.4 Å². The first kappa shape index (κ1) is 18.4. The van der Waals surface area contributed by atoms with Gasteiger partial charge in [0.25, 0.3) is 5.91 Å². The fraction of sp³-hybridized carbons (Fsp3) is 0.286. The van der Waals surface area contributed by atoms with Gasteiger partial charge in [-0.2, -0.15) is 0 Å². The quantitative estimate of drug-likeness (QED) is 0.718. The molecule has 1 aliphatic rings. The van der Waals surface area contributed by atoms with Crippen molar-refractivity contribution in [2.24, 2.45) is 5.92 Å². The maximum absolute atomic E-state index is 12.7. The Bertz CT molecular complexity index is 963. The van der Waals surface area contributed by atoms with Crippen LogP contribution in [-0.2, 0) is 4.79 Å². The van der Waals surface area contributed by atoms with Crippen LogP contribution in [0.25, 0.3) is 11.3 Å². The number of nitrogens with zero attached hydrogens (tertiary/aromatic N) is 2. The summed E-state index contributed by atoms with van der Waals surface area (Å²) in [6.45, 7) is 2.96. The van der Waals surface area contributed by atoms with E-state index in [9.17, 15) is 9.59 Å². The predicted octanol–water partition coefficient (Wildman–Crippen LogP) is 4.20. The number of amides is 2. The van der Waals surface area contributed by atoms with Crippen LogP contribution in [-0.4, -0.2) is 34.8 Å². The van der Waals surface area contributed by atoms with E-state index in [2.05, 4.69) is 10.3 Å². The second kappa shape index (κ2) is 7.98. The van der Waals surface area contributed by atoms with Crippen molar-refractivity contribution >= 4 is 28.8 Å². The van der Waals surface area contributed by atoms with E-state index in [-0.39, 0.29) is 17.7 Å². The van der Waals surface area contributed by atoms with Gasteiger partial charge in [-0.1, -0.05) is 6.07 Å². The Morgan fingerprint density at radius 3 is 2.75 bits per heavy atom. The highest BCUT2D eigenvalue weighted by Gasteiger charge is 2.29. The van der Waals surface area contributed by atoms with Crippen molar-refractivity contribution < 1.29 is 14.0 Å². The Morgan fingerprint density at radius 1 is 1.25 bits per heavy atom. The molecule has 0 unspecified atom stereocenters. The van der Waals surface area contributed by atoms with Crippen molar-refractivity contribution in [3.8, 4) is 11.3 Å². The number of benzene rings is 1. The molecule has 0 aliphatic carbocycles. The first-order valence-electron chi connectivity index (χ1n) is 9.26. The lowest BCUT2D eigenvalue weighted by molar-refractivity contribution is -0.121. The summed E-state index contributed by atoms with van der Waals surface area (Å²) in [6.07, 6.45) is 3.30. The molecule has 1 N–H and O–H groups in total. The average molecular weight is 395 g/mol. The molecule has 3 heterocycles. The lowest BCUT2D eigenvalue weighted by atomic mass is 9.96. The van der Waals surface area contributed by atoms with Crippen LogP contribution in [0.1, 0.15) is 28.4 Å². The van der Waals surface area contributed by atoms with Crippen LogP contribution < -0.4 is 5.32 Å². The number of aryl methyl sites for hydroxylation is 1. The lowest BCUT2D eigenvalue weighted by Gasteiger charge is -2.31. The number of hydrogen-bond donors (Lipinski definition) is 1. The Labute approximate surface area is 167 Å². The SMILES string of the molecule is Cc1ncc(-c2ccc(NC(=O)[C@@H]3CCCN(C(=O)c4cccs4)C3)cc2)o1. The van der Waals surface area contributed by atoms with Gasteiger partial charge in [0.05, 0.1) is 17.0 Å². The smallest absolute Gasteiger partial charge is 0.263 e. The number of nitrogens with one attached hydrogen (secondary N) is 1. The number of hydrogen-bond acceptors (Lipinski definition) is 5. The van der Waals surface area contributed by atoms with E-state index in [0.29, 0.717) is 24.7 Å². The largest absolute Gasteiger partial charge is 0.441 e. The van der Waals surface area contributed by atoms with Gasteiger partial charge in [0.1, 0.15) is 0 Å². The number of thiophene rings is 1. The standard InChI is InChI=1S/C21H21N3O3S/c1-14-22-12-18(27-14)15-6-8-17(9-7-15)23-20(25)16-4-2-10-24(13-16)21(26)19-5-3-11-28-19/h3,5-9,11-12,16H,2,4,10,13H2,1H3,(H,23,25)/t16-/m1/s1. The van der Waals surface area contributed by atoms with Gasteiger partial charge in [-0.25, -0.2) is 4.98 Å². The number of carbonyl (C=O) groups is 2. The fourth-order valence-corrected chi connectivity index (χ4v) is 4.08. The summed E-state index contributed by atoms with van der Waals surface area (Å²) >= 11 is 1.43. The molecular weight excluding hydrogens is 374 g/mol. The normalized spacial score (nSPS) is 16.8. The van der Waals surface area contributed by atoms with E-state index in [0.717, 1.165) is 29.0 Å². The van der Waals surface area contributed by atoms with Crippen LogP contribution in [0.4, 0.5) is 5.69 Å². The number of oxazole rings is 1. The van der Waals surface area contributed by atoms with E-state index in [1.165, 1.54) is 11.3 Å². The van der Waals surface area contributed by atoms with Gasteiger partial charge >= 0.3 is 0 Å². The first-order valence-corrected chi connectivity index (χ1v) is 10.1. The van der Waals surface area contributed by atoms with Crippen molar-refractivity contribution in [3.63, 3.8) is 0 Å². The molecule has 1 fully saturated rings. The van der Waals surface area contributed by atoms with Gasteiger partial charge in [-0.15, -0.1) is 11.3 Å². The molecule has 6 nitrogen and oxygen atoms in total. The first-order chi connectivity index (χ1) is 13.6. The number of carbonyl (C=O) groups excluding carboxylic acids is 2. The minimum absolute atomic E-state index is 0.0132. The summed E-state index contributed by atoms with van der Waals surface area (Å²) in [6, 6.07) is 11.2. The lowest BCUT2D eigenvalue weighted by Crippen LogP contribution is -2.43. The van der Waals surface area contributed by atoms with Gasteiger partial charge < -0.3 is 14.6 Å². The molecule has 1 aliphatic heterocycles. The number of aromatic nitrogens is 1. The zero-order valence-corrected chi connectivity index (χ0v) is 16.4. The van der Waals surface area contributed by atoms with Crippen LogP contribution >= 0.6 is 11.3 Å². The third-order valence-corrected chi connectivity index (χ3v) is 5.73. The molecule has 1 aromatic carbocycles. The van der Waals surface area contributed by atoms with E-state index >= 15 is 0 Å². The number of piperidine rings is 1. The zero-order chi connectivity index (χ0) is 19.5. The van der Waals surface area contributed by atoms with Crippen LogP contribution in [0.5, 0.6) is 0 Å². The van der Waals surface area contributed by atoms with Crippen molar-refractivity contribution in [2.75, 3.05) is 18.4 Å². The summed E-state index contributed by atoms with van der Waals surface area (Å²) < 4.78 is 5.52. The minimum Gasteiger partial charge on any atom is -0.441 e. The average Bonchev–Trinajstić information content (AvgIpc) is 3.40. The monoisotopic (exact) mass is 395 g/mol.